The minimum absolute atomic E-state index is 0.555. The van der Waals surface area contributed by atoms with Gasteiger partial charge in [0.05, 0.1) is 22.1 Å². The van der Waals surface area contributed by atoms with Crippen molar-refractivity contribution in [1.29, 1.82) is 0 Å². The molecule has 4 aromatic heterocycles. The molecule has 0 aliphatic carbocycles. The molecule has 0 atom stereocenters. The number of hydrogen-bond acceptors (Lipinski definition) is 4. The molecule has 272 valence electrons. The lowest BCUT2D eigenvalue weighted by Crippen LogP contribution is -2.07. The Balaban J connectivity index is 1.25. The molecule has 0 saturated heterocycles. The third-order valence-electron chi connectivity index (χ3n) is 11.4. The highest BCUT2D eigenvalue weighted by Crippen LogP contribution is 2.44. The van der Waals surface area contributed by atoms with Crippen LogP contribution >= 0.6 is 0 Å². The average Bonchev–Trinajstić information content (AvgIpc) is 3.95. The van der Waals surface area contributed by atoms with Gasteiger partial charge in [-0.3, -0.25) is 4.57 Å². The SMILES string of the molecule is Cc1ccc(-c2cc(-n3c4ccccc4c4ccc5c6ccccc6n(-c6nc(-c7ccccc7)nc(-c7ccccc7)n6)c5c43)cc3c2oc2ccccc23)cc1. The summed E-state index contributed by atoms with van der Waals surface area (Å²) in [5, 5.41) is 6.69. The van der Waals surface area contributed by atoms with Crippen LogP contribution in [0.25, 0.3) is 111 Å². The fourth-order valence-electron chi connectivity index (χ4n) is 8.76. The molecule has 12 aromatic rings. The van der Waals surface area contributed by atoms with E-state index in [-0.39, 0.29) is 0 Å². The van der Waals surface area contributed by atoms with Crippen molar-refractivity contribution in [3.8, 4) is 45.5 Å². The third-order valence-corrected chi connectivity index (χ3v) is 11.4. The zero-order valence-electron chi connectivity index (χ0n) is 31.5. The zero-order chi connectivity index (χ0) is 38.3. The molecular formula is C52H33N5O. The van der Waals surface area contributed by atoms with Gasteiger partial charge in [-0.15, -0.1) is 0 Å². The van der Waals surface area contributed by atoms with Gasteiger partial charge in [0.15, 0.2) is 11.6 Å². The Bertz CT molecular complexity index is 3500. The van der Waals surface area contributed by atoms with Crippen molar-refractivity contribution in [2.45, 2.75) is 6.92 Å². The highest BCUT2D eigenvalue weighted by atomic mass is 16.3. The molecule has 0 bridgehead atoms. The summed E-state index contributed by atoms with van der Waals surface area (Å²) in [5.41, 5.74) is 12.2. The monoisotopic (exact) mass is 743 g/mol. The second-order valence-electron chi connectivity index (χ2n) is 14.9. The fraction of sp³-hybridized carbons (Fsp3) is 0.0192. The summed E-state index contributed by atoms with van der Waals surface area (Å²) in [5.74, 6) is 1.78. The molecule has 8 aromatic carbocycles. The van der Waals surface area contributed by atoms with Crippen LogP contribution in [0.4, 0.5) is 0 Å². The largest absolute Gasteiger partial charge is 0.455 e. The molecule has 0 radical (unpaired) electrons. The van der Waals surface area contributed by atoms with Crippen molar-refractivity contribution < 1.29 is 4.42 Å². The molecule has 0 unspecified atom stereocenters. The Hall–Kier alpha value is -7.83. The molecule has 58 heavy (non-hydrogen) atoms. The summed E-state index contributed by atoms with van der Waals surface area (Å²) >= 11 is 0. The Morgan fingerprint density at radius 1 is 0.414 bits per heavy atom. The first-order chi connectivity index (χ1) is 28.7. The topological polar surface area (TPSA) is 61.7 Å². The van der Waals surface area contributed by atoms with Crippen molar-refractivity contribution in [3.05, 3.63) is 188 Å². The first-order valence-electron chi connectivity index (χ1n) is 19.5. The van der Waals surface area contributed by atoms with Crippen molar-refractivity contribution in [3.63, 3.8) is 0 Å². The Morgan fingerprint density at radius 2 is 0.948 bits per heavy atom. The first kappa shape index (κ1) is 32.4. The molecule has 6 heteroatoms. The van der Waals surface area contributed by atoms with Gasteiger partial charge in [-0.25, -0.2) is 4.98 Å². The van der Waals surface area contributed by atoms with E-state index < -0.39 is 0 Å². The summed E-state index contributed by atoms with van der Waals surface area (Å²) in [6, 6.07) is 63.8. The van der Waals surface area contributed by atoms with E-state index in [0.717, 1.165) is 93.5 Å². The summed E-state index contributed by atoms with van der Waals surface area (Å²) in [7, 11) is 0. The van der Waals surface area contributed by atoms with Crippen LogP contribution in [0, 0.1) is 6.92 Å². The van der Waals surface area contributed by atoms with E-state index in [2.05, 4.69) is 156 Å². The van der Waals surface area contributed by atoms with Crippen LogP contribution in [-0.2, 0) is 0 Å². The molecule has 0 fully saturated rings. The van der Waals surface area contributed by atoms with Crippen molar-refractivity contribution in [2.75, 3.05) is 0 Å². The lowest BCUT2D eigenvalue weighted by Gasteiger charge is -2.14. The van der Waals surface area contributed by atoms with Crippen LogP contribution in [0.15, 0.2) is 186 Å². The van der Waals surface area contributed by atoms with E-state index >= 15 is 0 Å². The predicted molar refractivity (Wildman–Crippen MR) is 237 cm³/mol. The molecule has 6 nitrogen and oxygen atoms in total. The van der Waals surface area contributed by atoms with Crippen molar-refractivity contribution in [2.24, 2.45) is 0 Å². The Kier molecular flexibility index (Phi) is 7.04. The number of benzene rings is 8. The van der Waals surface area contributed by atoms with Gasteiger partial charge < -0.3 is 8.98 Å². The van der Waals surface area contributed by atoms with E-state index in [1.54, 1.807) is 0 Å². The molecule has 0 saturated carbocycles. The van der Waals surface area contributed by atoms with Crippen LogP contribution in [0.2, 0.25) is 0 Å². The maximum atomic E-state index is 6.66. The molecule has 0 spiro atoms. The number of para-hydroxylation sites is 3. The van der Waals surface area contributed by atoms with Crippen LogP contribution < -0.4 is 0 Å². The number of rotatable bonds is 5. The van der Waals surface area contributed by atoms with Crippen LogP contribution in [-0.4, -0.2) is 24.1 Å². The number of furan rings is 1. The minimum Gasteiger partial charge on any atom is -0.455 e. The maximum Gasteiger partial charge on any atom is 0.238 e. The number of aromatic nitrogens is 5. The van der Waals surface area contributed by atoms with Crippen LogP contribution in [0.3, 0.4) is 0 Å². The van der Waals surface area contributed by atoms with E-state index in [1.807, 2.05) is 42.5 Å². The van der Waals surface area contributed by atoms with E-state index in [9.17, 15) is 0 Å². The van der Waals surface area contributed by atoms with Gasteiger partial charge in [-0.1, -0.05) is 157 Å². The number of fused-ring (bicyclic) bond motifs is 10. The van der Waals surface area contributed by atoms with Gasteiger partial charge in [-0.2, -0.15) is 9.97 Å². The van der Waals surface area contributed by atoms with E-state index in [0.29, 0.717) is 17.6 Å². The summed E-state index contributed by atoms with van der Waals surface area (Å²) < 4.78 is 11.3. The number of nitrogens with zero attached hydrogens (tertiary/aromatic N) is 5. The Labute approximate surface area is 332 Å². The Morgan fingerprint density at radius 3 is 1.59 bits per heavy atom. The highest BCUT2D eigenvalue weighted by molar-refractivity contribution is 6.24. The molecule has 0 amide bonds. The van der Waals surface area contributed by atoms with Gasteiger partial charge in [0.2, 0.25) is 5.95 Å². The lowest BCUT2D eigenvalue weighted by molar-refractivity contribution is 0.670. The van der Waals surface area contributed by atoms with Gasteiger partial charge >= 0.3 is 0 Å². The summed E-state index contributed by atoms with van der Waals surface area (Å²) in [4.78, 5) is 15.6. The lowest BCUT2D eigenvalue weighted by atomic mass is 10.00. The molecule has 0 aliphatic rings. The van der Waals surface area contributed by atoms with Gasteiger partial charge in [0.25, 0.3) is 0 Å². The van der Waals surface area contributed by atoms with E-state index in [1.165, 1.54) is 5.56 Å². The predicted octanol–water partition coefficient (Wildman–Crippen LogP) is 13.3. The smallest absolute Gasteiger partial charge is 0.238 e. The molecule has 12 rings (SSSR count). The average molecular weight is 744 g/mol. The molecule has 0 N–H and O–H groups in total. The minimum atomic E-state index is 0.555. The zero-order valence-corrected chi connectivity index (χ0v) is 31.5. The summed E-state index contributed by atoms with van der Waals surface area (Å²) in [6.45, 7) is 2.12. The standard InChI is InChI=1S/C52H33N5O/c1-32-24-26-33(27-25-32)42-30-36(31-43-39-20-10-13-23-46(39)58-49(42)43)56-44-21-11-8-18-37(44)40-28-29-41-38-19-9-12-22-45(38)57(48(41)47(40)56)52-54-50(34-14-4-2-5-15-34)53-51(55-52)35-16-6-3-7-17-35/h2-31H,1H3. The van der Waals surface area contributed by atoms with Crippen LogP contribution in [0.1, 0.15) is 5.56 Å². The fourth-order valence-corrected chi connectivity index (χ4v) is 8.76. The third kappa shape index (κ3) is 4.88. The van der Waals surface area contributed by atoms with Gasteiger partial charge in [-0.05, 0) is 42.8 Å². The van der Waals surface area contributed by atoms with E-state index in [4.69, 9.17) is 19.4 Å². The second kappa shape index (κ2) is 12.6. The normalized spacial score (nSPS) is 11.9. The summed E-state index contributed by atoms with van der Waals surface area (Å²) in [6.07, 6.45) is 0. The molecular weight excluding hydrogens is 711 g/mol. The number of aryl methyl sites for hydroxylation is 1. The van der Waals surface area contributed by atoms with Crippen molar-refractivity contribution in [1.82, 2.24) is 24.1 Å². The van der Waals surface area contributed by atoms with Crippen LogP contribution in [0.5, 0.6) is 0 Å². The number of hydrogen-bond donors (Lipinski definition) is 0. The first-order valence-corrected chi connectivity index (χ1v) is 19.5. The highest BCUT2D eigenvalue weighted by Gasteiger charge is 2.25. The van der Waals surface area contributed by atoms with Gasteiger partial charge in [0, 0.05) is 54.7 Å². The maximum absolute atomic E-state index is 6.66. The second-order valence-corrected chi connectivity index (χ2v) is 14.9. The van der Waals surface area contributed by atoms with Gasteiger partial charge in [0.1, 0.15) is 11.2 Å². The quantitative estimate of drug-likeness (QED) is 0.176. The van der Waals surface area contributed by atoms with Crippen molar-refractivity contribution >= 4 is 65.6 Å². The molecule has 0 aliphatic heterocycles. The molecule has 4 heterocycles.